The Hall–Kier alpha value is -3.02. The van der Waals surface area contributed by atoms with E-state index in [1.807, 2.05) is 0 Å². The average Bonchev–Trinajstić information content (AvgIpc) is 2.59. The molecule has 0 spiro atoms. The molecule has 23 heavy (non-hydrogen) atoms. The molecule has 0 aliphatic heterocycles. The van der Waals surface area contributed by atoms with Gasteiger partial charge in [-0.15, -0.1) is 0 Å². The third-order valence-corrected chi connectivity index (χ3v) is 3.03. The number of amides is 1. The van der Waals surface area contributed by atoms with Crippen LogP contribution in [-0.2, 0) is 4.79 Å². The number of benzene rings is 1. The predicted molar refractivity (Wildman–Crippen MR) is 88.0 cm³/mol. The Kier molecular flexibility index (Phi) is 5.57. The summed E-state index contributed by atoms with van der Waals surface area (Å²) in [6, 6.07) is 8.80. The number of carbonyl (C=O) groups is 1. The molecule has 2 aromatic rings. The van der Waals surface area contributed by atoms with Gasteiger partial charge in [0.25, 0.3) is 0 Å². The van der Waals surface area contributed by atoms with Crippen LogP contribution in [0.4, 0.5) is 5.82 Å². The van der Waals surface area contributed by atoms with Crippen molar-refractivity contribution in [2.24, 2.45) is 0 Å². The standard InChI is InChI=1S/C17H18N2O4/c1-21-13-10-12(11-14(22-2)17(13)23-3)7-8-16(20)19-15-6-4-5-9-18-15/h4-11H,1-3H3,(H,18,19,20)/b8-7+. The highest BCUT2D eigenvalue weighted by Crippen LogP contribution is 2.38. The van der Waals surface area contributed by atoms with Gasteiger partial charge in [-0.25, -0.2) is 4.98 Å². The summed E-state index contributed by atoms with van der Waals surface area (Å²) in [5.74, 6) is 1.77. The summed E-state index contributed by atoms with van der Waals surface area (Å²) >= 11 is 0. The SMILES string of the molecule is COc1cc(/C=C/C(=O)Nc2ccccn2)cc(OC)c1OC. The van der Waals surface area contributed by atoms with Gasteiger partial charge in [0.15, 0.2) is 11.5 Å². The van der Waals surface area contributed by atoms with Crippen molar-refractivity contribution in [3.05, 3.63) is 48.2 Å². The van der Waals surface area contributed by atoms with E-state index in [1.54, 1.807) is 56.8 Å². The van der Waals surface area contributed by atoms with Crippen LogP contribution >= 0.6 is 0 Å². The summed E-state index contributed by atoms with van der Waals surface area (Å²) in [4.78, 5) is 15.9. The fourth-order valence-electron chi connectivity index (χ4n) is 1.97. The molecule has 0 radical (unpaired) electrons. The lowest BCUT2D eigenvalue weighted by Crippen LogP contribution is -2.08. The fraction of sp³-hybridized carbons (Fsp3) is 0.176. The maximum Gasteiger partial charge on any atom is 0.249 e. The molecule has 0 saturated heterocycles. The molecule has 0 aliphatic rings. The van der Waals surface area contributed by atoms with Crippen molar-refractivity contribution in [3.8, 4) is 17.2 Å². The molecule has 1 amide bonds. The number of hydrogen-bond donors (Lipinski definition) is 1. The highest BCUT2D eigenvalue weighted by molar-refractivity contribution is 6.01. The summed E-state index contributed by atoms with van der Waals surface area (Å²) in [6.07, 6.45) is 4.68. The number of methoxy groups -OCH3 is 3. The normalized spacial score (nSPS) is 10.4. The summed E-state index contributed by atoms with van der Waals surface area (Å²) in [6.45, 7) is 0. The lowest BCUT2D eigenvalue weighted by Gasteiger charge is -2.12. The fourth-order valence-corrected chi connectivity index (χ4v) is 1.97. The molecule has 6 nitrogen and oxygen atoms in total. The van der Waals surface area contributed by atoms with E-state index in [9.17, 15) is 4.79 Å². The van der Waals surface area contributed by atoms with E-state index < -0.39 is 0 Å². The van der Waals surface area contributed by atoms with Gasteiger partial charge in [-0.2, -0.15) is 0 Å². The average molecular weight is 314 g/mol. The molecular weight excluding hydrogens is 296 g/mol. The Balaban J connectivity index is 2.17. The predicted octanol–water partition coefficient (Wildman–Crippen LogP) is 2.76. The van der Waals surface area contributed by atoms with Gasteiger partial charge in [0.1, 0.15) is 5.82 Å². The van der Waals surface area contributed by atoms with E-state index in [-0.39, 0.29) is 5.91 Å². The molecule has 0 saturated carbocycles. The number of carbonyl (C=O) groups excluding carboxylic acids is 1. The van der Waals surface area contributed by atoms with Gasteiger partial charge in [-0.1, -0.05) is 6.07 Å². The first-order valence-electron chi connectivity index (χ1n) is 6.88. The monoisotopic (exact) mass is 314 g/mol. The highest BCUT2D eigenvalue weighted by atomic mass is 16.5. The zero-order valence-electron chi connectivity index (χ0n) is 13.2. The first kappa shape index (κ1) is 16.4. The number of nitrogens with zero attached hydrogens (tertiary/aromatic N) is 1. The molecular formula is C17H18N2O4. The van der Waals surface area contributed by atoms with E-state index in [0.717, 1.165) is 5.56 Å². The van der Waals surface area contributed by atoms with Gasteiger partial charge in [-0.05, 0) is 35.9 Å². The quantitative estimate of drug-likeness (QED) is 0.830. The van der Waals surface area contributed by atoms with Crippen molar-refractivity contribution < 1.29 is 19.0 Å². The third kappa shape index (κ3) is 4.23. The largest absolute Gasteiger partial charge is 0.493 e. The number of hydrogen-bond acceptors (Lipinski definition) is 5. The van der Waals surface area contributed by atoms with Crippen LogP contribution in [0.5, 0.6) is 17.2 Å². The molecule has 0 unspecified atom stereocenters. The van der Waals surface area contributed by atoms with Gasteiger partial charge in [0, 0.05) is 12.3 Å². The van der Waals surface area contributed by atoms with Crippen LogP contribution in [-0.4, -0.2) is 32.2 Å². The number of nitrogens with one attached hydrogen (secondary N) is 1. The number of ether oxygens (including phenoxy) is 3. The molecule has 0 atom stereocenters. The molecule has 120 valence electrons. The Labute approximate surface area is 134 Å². The molecule has 0 bridgehead atoms. The molecule has 6 heteroatoms. The molecule has 1 heterocycles. The zero-order valence-corrected chi connectivity index (χ0v) is 13.2. The number of pyridine rings is 1. The number of anilines is 1. The lowest BCUT2D eigenvalue weighted by atomic mass is 10.1. The molecule has 1 aromatic heterocycles. The summed E-state index contributed by atoms with van der Waals surface area (Å²) in [5.41, 5.74) is 0.746. The van der Waals surface area contributed by atoms with Gasteiger partial charge in [0.2, 0.25) is 11.7 Å². The van der Waals surface area contributed by atoms with Crippen LogP contribution in [0.15, 0.2) is 42.6 Å². The topological polar surface area (TPSA) is 69.7 Å². The molecule has 2 rings (SSSR count). The minimum Gasteiger partial charge on any atom is -0.493 e. The minimum absolute atomic E-state index is 0.280. The van der Waals surface area contributed by atoms with E-state index in [1.165, 1.54) is 13.2 Å². The Morgan fingerprint density at radius 3 is 2.30 bits per heavy atom. The molecule has 1 aromatic carbocycles. The van der Waals surface area contributed by atoms with E-state index in [0.29, 0.717) is 23.1 Å². The van der Waals surface area contributed by atoms with Gasteiger partial charge in [0.05, 0.1) is 21.3 Å². The second kappa shape index (κ2) is 7.84. The minimum atomic E-state index is -0.280. The van der Waals surface area contributed by atoms with Crippen molar-refractivity contribution in [2.45, 2.75) is 0 Å². The first-order chi connectivity index (χ1) is 11.2. The molecule has 1 N–H and O–H groups in total. The van der Waals surface area contributed by atoms with Crippen LogP contribution in [0.1, 0.15) is 5.56 Å². The first-order valence-corrected chi connectivity index (χ1v) is 6.88. The Morgan fingerprint density at radius 1 is 1.09 bits per heavy atom. The maximum atomic E-state index is 11.9. The zero-order chi connectivity index (χ0) is 16.7. The lowest BCUT2D eigenvalue weighted by molar-refractivity contribution is -0.111. The van der Waals surface area contributed by atoms with Crippen molar-refractivity contribution in [1.29, 1.82) is 0 Å². The van der Waals surface area contributed by atoms with Crippen LogP contribution in [0.2, 0.25) is 0 Å². The maximum absolute atomic E-state index is 11.9. The van der Waals surface area contributed by atoms with Gasteiger partial charge < -0.3 is 19.5 Å². The Morgan fingerprint density at radius 2 is 1.78 bits per heavy atom. The number of rotatable bonds is 6. The van der Waals surface area contributed by atoms with E-state index in [4.69, 9.17) is 14.2 Å². The molecule has 0 aliphatic carbocycles. The van der Waals surface area contributed by atoms with Crippen LogP contribution in [0.25, 0.3) is 6.08 Å². The van der Waals surface area contributed by atoms with E-state index >= 15 is 0 Å². The van der Waals surface area contributed by atoms with E-state index in [2.05, 4.69) is 10.3 Å². The summed E-state index contributed by atoms with van der Waals surface area (Å²) in [5, 5.41) is 2.67. The van der Waals surface area contributed by atoms with Crippen LogP contribution < -0.4 is 19.5 Å². The summed E-state index contributed by atoms with van der Waals surface area (Å²) < 4.78 is 15.8. The Bertz CT molecular complexity index is 674. The molecule has 0 fully saturated rings. The smallest absolute Gasteiger partial charge is 0.249 e. The van der Waals surface area contributed by atoms with Crippen molar-refractivity contribution >= 4 is 17.8 Å². The number of aromatic nitrogens is 1. The second-order valence-corrected chi connectivity index (χ2v) is 4.50. The highest BCUT2D eigenvalue weighted by Gasteiger charge is 2.12. The summed E-state index contributed by atoms with van der Waals surface area (Å²) in [7, 11) is 4.62. The van der Waals surface area contributed by atoms with Crippen molar-refractivity contribution in [2.75, 3.05) is 26.6 Å². The van der Waals surface area contributed by atoms with Crippen molar-refractivity contribution in [3.63, 3.8) is 0 Å². The third-order valence-electron chi connectivity index (χ3n) is 3.03. The van der Waals surface area contributed by atoms with Crippen LogP contribution in [0.3, 0.4) is 0 Å². The van der Waals surface area contributed by atoms with Crippen molar-refractivity contribution in [1.82, 2.24) is 4.98 Å². The van der Waals surface area contributed by atoms with Gasteiger partial charge in [-0.3, -0.25) is 4.79 Å². The van der Waals surface area contributed by atoms with Gasteiger partial charge >= 0.3 is 0 Å². The van der Waals surface area contributed by atoms with Crippen LogP contribution in [0, 0.1) is 0 Å². The second-order valence-electron chi connectivity index (χ2n) is 4.50.